The van der Waals surface area contributed by atoms with Gasteiger partial charge in [0.2, 0.25) is 0 Å². The second kappa shape index (κ2) is 9.32. The van der Waals surface area contributed by atoms with Crippen LogP contribution in [-0.2, 0) is 0 Å². The molecule has 0 saturated carbocycles. The van der Waals surface area contributed by atoms with Gasteiger partial charge < -0.3 is 10.2 Å². The highest BCUT2D eigenvalue weighted by molar-refractivity contribution is 7.16. The fraction of sp³-hybridized carbons (Fsp3) is 0.474. The number of aliphatic imine (C=N–C) groups is 1. The van der Waals surface area contributed by atoms with Crippen molar-refractivity contribution in [2.45, 2.75) is 32.0 Å². The van der Waals surface area contributed by atoms with Gasteiger partial charge in [0.1, 0.15) is 0 Å². The van der Waals surface area contributed by atoms with E-state index >= 15 is 0 Å². The number of nitrogens with one attached hydrogen (secondary N) is 1. The van der Waals surface area contributed by atoms with E-state index in [2.05, 4.69) is 10.3 Å². The average molecular weight is 399 g/mol. The SMILES string of the molecule is C/C=C\C(=C/C(=NC)c1ccc(C(=O)N2CCC[C@@H](NC)C2)s1)C(F)(F)F. The minimum absolute atomic E-state index is 0.0878. The molecule has 8 heteroatoms. The summed E-state index contributed by atoms with van der Waals surface area (Å²) < 4.78 is 39.4. The molecule has 27 heavy (non-hydrogen) atoms. The van der Waals surface area contributed by atoms with Crippen molar-refractivity contribution in [1.29, 1.82) is 0 Å². The van der Waals surface area contributed by atoms with Gasteiger partial charge in [0, 0.05) is 26.2 Å². The highest BCUT2D eigenvalue weighted by Crippen LogP contribution is 2.28. The number of amides is 1. The Morgan fingerprint density at radius 1 is 1.37 bits per heavy atom. The zero-order chi connectivity index (χ0) is 20.0. The monoisotopic (exact) mass is 399 g/mol. The first-order valence-corrected chi connectivity index (χ1v) is 9.57. The van der Waals surface area contributed by atoms with Crippen LogP contribution in [0.1, 0.15) is 34.3 Å². The lowest BCUT2D eigenvalue weighted by Crippen LogP contribution is -2.46. The summed E-state index contributed by atoms with van der Waals surface area (Å²) in [5.74, 6) is -0.0878. The Morgan fingerprint density at radius 3 is 2.67 bits per heavy atom. The number of piperidine rings is 1. The van der Waals surface area contributed by atoms with Crippen molar-refractivity contribution in [2.75, 3.05) is 27.2 Å². The van der Waals surface area contributed by atoms with Gasteiger partial charge in [-0.1, -0.05) is 12.2 Å². The van der Waals surface area contributed by atoms with Crippen LogP contribution in [-0.4, -0.2) is 55.9 Å². The summed E-state index contributed by atoms with van der Waals surface area (Å²) in [6.07, 6.45) is 0.851. The number of nitrogens with zero attached hydrogens (tertiary/aromatic N) is 2. The van der Waals surface area contributed by atoms with Crippen LogP contribution in [0.15, 0.2) is 40.9 Å². The lowest BCUT2D eigenvalue weighted by atomic mass is 10.1. The molecule has 0 radical (unpaired) electrons. The second-order valence-electron chi connectivity index (χ2n) is 6.25. The number of halogens is 3. The van der Waals surface area contributed by atoms with Crippen molar-refractivity contribution in [3.8, 4) is 0 Å². The van der Waals surface area contributed by atoms with Crippen molar-refractivity contribution in [1.82, 2.24) is 10.2 Å². The van der Waals surface area contributed by atoms with E-state index < -0.39 is 11.7 Å². The lowest BCUT2D eigenvalue weighted by Gasteiger charge is -2.32. The molecule has 0 bridgehead atoms. The van der Waals surface area contributed by atoms with Crippen molar-refractivity contribution in [3.63, 3.8) is 0 Å². The maximum Gasteiger partial charge on any atom is 0.416 e. The molecule has 2 rings (SSSR count). The summed E-state index contributed by atoms with van der Waals surface area (Å²) in [6.45, 7) is 2.86. The molecule has 0 spiro atoms. The van der Waals surface area contributed by atoms with E-state index in [1.807, 2.05) is 7.05 Å². The number of carbonyl (C=O) groups excluding carboxylic acids is 1. The Bertz CT molecular complexity index is 750. The van der Waals surface area contributed by atoms with Gasteiger partial charge >= 0.3 is 6.18 Å². The fourth-order valence-electron chi connectivity index (χ4n) is 2.94. The van der Waals surface area contributed by atoms with Gasteiger partial charge in [0.25, 0.3) is 5.91 Å². The Kier molecular flexibility index (Phi) is 7.38. The predicted molar refractivity (Wildman–Crippen MR) is 104 cm³/mol. The van der Waals surface area contributed by atoms with E-state index in [0.29, 0.717) is 22.8 Å². The number of hydrogen-bond donors (Lipinski definition) is 1. The van der Waals surface area contributed by atoms with Gasteiger partial charge in [-0.3, -0.25) is 9.79 Å². The van der Waals surface area contributed by atoms with Gasteiger partial charge in [-0.2, -0.15) is 13.2 Å². The zero-order valence-electron chi connectivity index (χ0n) is 15.6. The number of allylic oxidation sites excluding steroid dienone is 4. The smallest absolute Gasteiger partial charge is 0.336 e. The predicted octanol–water partition coefficient (Wildman–Crippen LogP) is 4.06. The van der Waals surface area contributed by atoms with Crippen molar-refractivity contribution >= 4 is 23.0 Å². The molecule has 1 N–H and O–H groups in total. The van der Waals surface area contributed by atoms with Crippen LogP contribution >= 0.6 is 11.3 Å². The van der Waals surface area contributed by atoms with Crippen LogP contribution < -0.4 is 5.32 Å². The summed E-state index contributed by atoms with van der Waals surface area (Å²) >= 11 is 1.17. The second-order valence-corrected chi connectivity index (χ2v) is 7.33. The molecule has 1 aliphatic rings. The maximum absolute atomic E-state index is 13.1. The number of rotatable bonds is 5. The van der Waals surface area contributed by atoms with Crippen LogP contribution in [0, 0.1) is 0 Å². The molecular weight excluding hydrogens is 375 g/mol. The summed E-state index contributed by atoms with van der Waals surface area (Å²) in [5, 5.41) is 3.19. The quantitative estimate of drug-likeness (QED) is 0.600. The fourth-order valence-corrected chi connectivity index (χ4v) is 3.92. The van der Waals surface area contributed by atoms with Gasteiger partial charge in [0.05, 0.1) is 21.0 Å². The molecule has 148 valence electrons. The highest BCUT2D eigenvalue weighted by Gasteiger charge is 2.32. The van der Waals surface area contributed by atoms with Crippen LogP contribution in [0.25, 0.3) is 0 Å². The molecule has 1 aromatic heterocycles. The summed E-state index contributed by atoms with van der Waals surface area (Å²) in [6, 6.07) is 3.58. The first kappa shape index (κ1) is 21.4. The third-order valence-electron chi connectivity index (χ3n) is 4.39. The number of likely N-dealkylation sites (N-methyl/N-ethyl adjacent to an activating group) is 1. The number of alkyl halides is 3. The third-order valence-corrected chi connectivity index (χ3v) is 5.49. The third kappa shape index (κ3) is 5.52. The molecule has 1 saturated heterocycles. The van der Waals surface area contributed by atoms with Crippen LogP contribution in [0.4, 0.5) is 13.2 Å². The van der Waals surface area contributed by atoms with E-state index in [4.69, 9.17) is 0 Å². The summed E-state index contributed by atoms with van der Waals surface area (Å²) in [4.78, 5) is 19.6. The molecule has 4 nitrogen and oxygen atoms in total. The lowest BCUT2D eigenvalue weighted by molar-refractivity contribution is -0.0881. The molecule has 0 unspecified atom stereocenters. The van der Waals surface area contributed by atoms with Crippen molar-refractivity contribution in [3.05, 3.63) is 45.7 Å². The molecule has 1 amide bonds. The molecule has 1 aliphatic heterocycles. The Morgan fingerprint density at radius 2 is 2.07 bits per heavy atom. The van der Waals surface area contributed by atoms with Crippen LogP contribution in [0.5, 0.6) is 0 Å². The molecule has 2 heterocycles. The average Bonchev–Trinajstić information content (AvgIpc) is 3.13. The van der Waals surface area contributed by atoms with Crippen LogP contribution in [0.2, 0.25) is 0 Å². The van der Waals surface area contributed by atoms with Crippen molar-refractivity contribution in [2.24, 2.45) is 4.99 Å². The Balaban J connectivity index is 2.23. The normalized spacial score (nSPS) is 19.8. The van der Waals surface area contributed by atoms with E-state index in [1.54, 1.807) is 17.0 Å². The van der Waals surface area contributed by atoms with Gasteiger partial charge in [-0.25, -0.2) is 0 Å². The summed E-state index contributed by atoms with van der Waals surface area (Å²) in [7, 11) is 3.32. The Hall–Kier alpha value is -1.93. The molecular formula is C19H24F3N3OS. The highest BCUT2D eigenvalue weighted by atomic mass is 32.1. The standard InChI is InChI=1S/C19H24F3N3OS/c1-4-6-13(19(20,21)22)11-15(24-3)16-8-9-17(27-16)18(26)25-10-5-7-14(12-25)23-2/h4,6,8-9,11,14,23H,5,7,10,12H2,1-3H3/b6-4-,13-11+,24-15?/t14-/m1/s1. The van der Waals surface area contributed by atoms with E-state index in [1.165, 1.54) is 31.4 Å². The van der Waals surface area contributed by atoms with Crippen molar-refractivity contribution < 1.29 is 18.0 Å². The zero-order valence-corrected chi connectivity index (χ0v) is 16.5. The number of thiophene rings is 1. The van der Waals surface area contributed by atoms with E-state index in [-0.39, 0.29) is 17.7 Å². The number of hydrogen-bond acceptors (Lipinski definition) is 4. The number of carbonyl (C=O) groups is 1. The topological polar surface area (TPSA) is 44.7 Å². The van der Waals surface area contributed by atoms with E-state index in [0.717, 1.165) is 25.0 Å². The molecule has 1 fully saturated rings. The first-order valence-electron chi connectivity index (χ1n) is 8.75. The molecule has 0 aliphatic carbocycles. The largest absolute Gasteiger partial charge is 0.416 e. The maximum atomic E-state index is 13.1. The van der Waals surface area contributed by atoms with Gasteiger partial charge in [-0.15, -0.1) is 11.3 Å². The van der Waals surface area contributed by atoms with E-state index in [9.17, 15) is 18.0 Å². The number of likely N-dealkylation sites (tertiary alicyclic amines) is 1. The minimum Gasteiger partial charge on any atom is -0.336 e. The molecule has 0 aromatic carbocycles. The van der Waals surface area contributed by atoms with Gasteiger partial charge in [0.15, 0.2) is 0 Å². The minimum atomic E-state index is -4.46. The Labute approximate surface area is 161 Å². The molecule has 1 aromatic rings. The molecule has 1 atom stereocenters. The van der Waals surface area contributed by atoms with Gasteiger partial charge in [-0.05, 0) is 45.0 Å². The van der Waals surface area contributed by atoms with Crippen LogP contribution in [0.3, 0.4) is 0 Å². The first-order chi connectivity index (χ1) is 12.8. The summed E-state index contributed by atoms with van der Waals surface area (Å²) in [5.41, 5.74) is -0.573.